The largest absolute Gasteiger partial charge is 0.313 e. The fraction of sp³-hybridized carbons (Fsp3) is 1.00. The summed E-state index contributed by atoms with van der Waals surface area (Å²) in [6, 6.07) is 0.658. The molecule has 1 heterocycles. The number of nitrogens with zero attached hydrogens (tertiary/aromatic N) is 1. The van der Waals surface area contributed by atoms with Gasteiger partial charge in [-0.1, -0.05) is 41.0 Å². The Hall–Kier alpha value is -0.0800. The van der Waals surface area contributed by atoms with Crippen LogP contribution in [0.4, 0.5) is 0 Å². The molecule has 0 bridgehead atoms. The fourth-order valence-corrected chi connectivity index (χ4v) is 2.68. The van der Waals surface area contributed by atoms with E-state index in [1.807, 2.05) is 0 Å². The second-order valence-corrected chi connectivity index (χ2v) is 6.37. The molecule has 1 unspecified atom stereocenters. The maximum atomic E-state index is 3.62. The van der Waals surface area contributed by atoms with E-state index in [0.29, 0.717) is 11.5 Å². The molecule has 1 rings (SSSR count). The fourth-order valence-electron chi connectivity index (χ4n) is 2.68. The van der Waals surface area contributed by atoms with E-state index in [-0.39, 0.29) is 0 Å². The van der Waals surface area contributed by atoms with Crippen molar-refractivity contribution < 1.29 is 0 Å². The summed E-state index contributed by atoms with van der Waals surface area (Å²) >= 11 is 0. The summed E-state index contributed by atoms with van der Waals surface area (Å²) < 4.78 is 0. The minimum Gasteiger partial charge on any atom is -0.313 e. The Morgan fingerprint density at radius 2 is 1.76 bits per heavy atom. The van der Waals surface area contributed by atoms with Crippen LogP contribution in [0.1, 0.15) is 53.9 Å². The number of likely N-dealkylation sites (tertiary alicyclic amines) is 1. The first-order valence-electron chi connectivity index (χ1n) is 7.46. The van der Waals surface area contributed by atoms with E-state index in [0.717, 1.165) is 12.5 Å². The third-order valence-corrected chi connectivity index (χ3v) is 4.64. The van der Waals surface area contributed by atoms with E-state index in [9.17, 15) is 0 Å². The minimum absolute atomic E-state index is 0.613. The van der Waals surface area contributed by atoms with Crippen LogP contribution in [0.3, 0.4) is 0 Å². The van der Waals surface area contributed by atoms with Gasteiger partial charge >= 0.3 is 0 Å². The second-order valence-electron chi connectivity index (χ2n) is 6.37. The number of rotatable bonds is 6. The molecule has 0 aliphatic carbocycles. The molecule has 1 saturated heterocycles. The first-order chi connectivity index (χ1) is 8.00. The molecular formula is C15H32N2. The van der Waals surface area contributed by atoms with Gasteiger partial charge in [0.1, 0.15) is 0 Å². The van der Waals surface area contributed by atoms with Crippen molar-refractivity contribution >= 4 is 0 Å². The third-order valence-electron chi connectivity index (χ3n) is 4.64. The predicted octanol–water partition coefficient (Wildman–Crippen LogP) is 3.13. The molecule has 0 saturated carbocycles. The number of hydrogen-bond donors (Lipinski definition) is 1. The highest BCUT2D eigenvalue weighted by molar-refractivity contribution is 4.84. The summed E-state index contributed by atoms with van der Waals surface area (Å²) in [4.78, 5) is 2.66. The first-order valence-corrected chi connectivity index (χ1v) is 7.46. The van der Waals surface area contributed by atoms with E-state index in [2.05, 4.69) is 44.8 Å². The molecular weight excluding hydrogens is 208 g/mol. The monoisotopic (exact) mass is 240 g/mol. The van der Waals surface area contributed by atoms with E-state index in [4.69, 9.17) is 0 Å². The van der Waals surface area contributed by atoms with Crippen molar-refractivity contribution in [3.05, 3.63) is 0 Å². The van der Waals surface area contributed by atoms with Gasteiger partial charge in [-0.3, -0.25) is 0 Å². The molecule has 2 nitrogen and oxygen atoms in total. The van der Waals surface area contributed by atoms with Crippen molar-refractivity contribution in [3.63, 3.8) is 0 Å². The highest BCUT2D eigenvalue weighted by Gasteiger charge is 2.29. The van der Waals surface area contributed by atoms with Crippen molar-refractivity contribution in [2.75, 3.05) is 26.2 Å². The Kier molecular flexibility index (Phi) is 5.94. The Balaban J connectivity index is 2.38. The van der Waals surface area contributed by atoms with E-state index < -0.39 is 0 Å². The predicted molar refractivity (Wildman–Crippen MR) is 76.4 cm³/mol. The Bertz CT molecular complexity index is 205. The van der Waals surface area contributed by atoms with E-state index in [1.165, 1.54) is 38.9 Å². The van der Waals surface area contributed by atoms with Gasteiger partial charge in [-0.2, -0.15) is 0 Å². The van der Waals surface area contributed by atoms with Gasteiger partial charge in [-0.25, -0.2) is 0 Å². The smallest absolute Gasteiger partial charge is 0.0217 e. The summed E-state index contributed by atoms with van der Waals surface area (Å²) in [5.74, 6) is 0.731. The van der Waals surface area contributed by atoms with Gasteiger partial charge in [0.15, 0.2) is 0 Å². The number of likely N-dealkylation sites (N-methyl/N-ethyl adjacent to an activating group) is 1. The van der Waals surface area contributed by atoms with Crippen molar-refractivity contribution in [2.45, 2.75) is 59.9 Å². The SMILES string of the molecule is CCNC(CN1CCC(C)(CC)CC1)C(C)C. The van der Waals surface area contributed by atoms with Crippen LogP contribution in [0.2, 0.25) is 0 Å². The highest BCUT2D eigenvalue weighted by Crippen LogP contribution is 2.33. The molecule has 0 aromatic carbocycles. The Morgan fingerprint density at radius 3 is 2.18 bits per heavy atom. The quantitative estimate of drug-likeness (QED) is 0.767. The Labute approximate surface area is 108 Å². The number of piperidine rings is 1. The van der Waals surface area contributed by atoms with Crippen molar-refractivity contribution in [1.29, 1.82) is 0 Å². The van der Waals surface area contributed by atoms with E-state index >= 15 is 0 Å². The lowest BCUT2D eigenvalue weighted by atomic mass is 9.78. The van der Waals surface area contributed by atoms with Gasteiger partial charge in [-0.15, -0.1) is 0 Å². The lowest BCUT2D eigenvalue weighted by Gasteiger charge is -2.40. The standard InChI is InChI=1S/C15H32N2/c1-6-15(5)8-10-17(11-9-15)12-14(13(3)4)16-7-2/h13-14,16H,6-12H2,1-5H3. The summed E-state index contributed by atoms with van der Waals surface area (Å²) in [5.41, 5.74) is 0.613. The number of nitrogens with one attached hydrogen (secondary N) is 1. The maximum Gasteiger partial charge on any atom is 0.0217 e. The van der Waals surface area contributed by atoms with Crippen molar-refractivity contribution in [1.82, 2.24) is 10.2 Å². The molecule has 0 spiro atoms. The number of hydrogen-bond acceptors (Lipinski definition) is 2. The molecule has 0 aromatic rings. The highest BCUT2D eigenvalue weighted by atomic mass is 15.2. The lowest BCUT2D eigenvalue weighted by molar-refractivity contribution is 0.101. The molecule has 0 radical (unpaired) electrons. The summed E-state index contributed by atoms with van der Waals surface area (Å²) in [6.45, 7) is 16.5. The normalized spacial score (nSPS) is 22.9. The molecule has 1 fully saturated rings. The van der Waals surface area contributed by atoms with Crippen LogP contribution in [0.5, 0.6) is 0 Å². The molecule has 0 aromatic heterocycles. The third kappa shape index (κ3) is 4.59. The van der Waals surface area contributed by atoms with Crippen molar-refractivity contribution in [2.24, 2.45) is 11.3 Å². The van der Waals surface area contributed by atoms with Crippen LogP contribution in [-0.2, 0) is 0 Å². The van der Waals surface area contributed by atoms with Gasteiger partial charge in [-0.05, 0) is 43.8 Å². The van der Waals surface area contributed by atoms with Gasteiger partial charge in [0.25, 0.3) is 0 Å². The molecule has 2 heteroatoms. The topological polar surface area (TPSA) is 15.3 Å². The molecule has 17 heavy (non-hydrogen) atoms. The molecule has 1 atom stereocenters. The van der Waals surface area contributed by atoms with E-state index in [1.54, 1.807) is 0 Å². The zero-order valence-electron chi connectivity index (χ0n) is 12.6. The van der Waals surface area contributed by atoms with Crippen LogP contribution < -0.4 is 5.32 Å². The van der Waals surface area contributed by atoms with Crippen LogP contribution in [0.25, 0.3) is 0 Å². The second kappa shape index (κ2) is 6.75. The first kappa shape index (κ1) is 15.0. The van der Waals surface area contributed by atoms with Gasteiger partial charge in [0.05, 0.1) is 0 Å². The van der Waals surface area contributed by atoms with Crippen molar-refractivity contribution in [3.8, 4) is 0 Å². The molecule has 1 aliphatic heterocycles. The van der Waals surface area contributed by atoms with Gasteiger partial charge in [0, 0.05) is 12.6 Å². The zero-order chi connectivity index (χ0) is 12.9. The molecule has 102 valence electrons. The van der Waals surface area contributed by atoms with Gasteiger partial charge < -0.3 is 10.2 Å². The zero-order valence-corrected chi connectivity index (χ0v) is 12.6. The molecule has 1 N–H and O–H groups in total. The van der Waals surface area contributed by atoms with Crippen LogP contribution in [-0.4, -0.2) is 37.1 Å². The Morgan fingerprint density at radius 1 is 1.18 bits per heavy atom. The van der Waals surface area contributed by atoms with Crippen LogP contribution >= 0.6 is 0 Å². The minimum atomic E-state index is 0.613. The van der Waals surface area contributed by atoms with Crippen LogP contribution in [0, 0.1) is 11.3 Å². The average molecular weight is 240 g/mol. The lowest BCUT2D eigenvalue weighted by Crippen LogP contribution is -2.48. The maximum absolute atomic E-state index is 3.62. The summed E-state index contributed by atoms with van der Waals surface area (Å²) in [7, 11) is 0. The average Bonchev–Trinajstić information content (AvgIpc) is 2.31. The van der Waals surface area contributed by atoms with Gasteiger partial charge in [0.2, 0.25) is 0 Å². The summed E-state index contributed by atoms with van der Waals surface area (Å²) in [5, 5.41) is 3.62. The van der Waals surface area contributed by atoms with Crippen LogP contribution in [0.15, 0.2) is 0 Å². The summed E-state index contributed by atoms with van der Waals surface area (Å²) in [6.07, 6.45) is 4.09. The molecule has 1 aliphatic rings. The molecule has 0 amide bonds.